The number of aryl methyl sites for hydroxylation is 2. The maximum absolute atomic E-state index is 12.7. The lowest BCUT2D eigenvalue weighted by atomic mass is 10.0. The molecule has 1 heterocycles. The molecular weight excluding hydrogens is 406 g/mol. The summed E-state index contributed by atoms with van der Waals surface area (Å²) >= 11 is 1.31. The summed E-state index contributed by atoms with van der Waals surface area (Å²) in [6, 6.07) is 0. The lowest BCUT2D eigenvalue weighted by Gasteiger charge is -2.17. The van der Waals surface area contributed by atoms with Crippen LogP contribution >= 0.6 is 11.8 Å². The third-order valence-electron chi connectivity index (χ3n) is 4.42. The minimum Gasteiger partial charge on any atom is -0.396 e. The van der Waals surface area contributed by atoms with E-state index in [0.717, 1.165) is 13.8 Å². The predicted molar refractivity (Wildman–Crippen MR) is 96.2 cm³/mol. The van der Waals surface area contributed by atoms with Gasteiger partial charge >= 0.3 is 12.4 Å². The van der Waals surface area contributed by atoms with Crippen LogP contribution in [0.3, 0.4) is 0 Å². The number of aliphatic hydroxyl groups excluding tert-OH is 1. The first-order valence-electron chi connectivity index (χ1n) is 9.17. The van der Waals surface area contributed by atoms with Crippen molar-refractivity contribution in [3.8, 4) is 0 Å². The standard InChI is InChI=1S/C18H26F6N2OS/c1-12(17(19,20)21)5-7-14-11-25-15(8-6-13(2)18(22,23)24)16(26-14)28-10-4-3-9-27/h11-13,27H,3-10H2,1-2H3. The van der Waals surface area contributed by atoms with Crippen molar-refractivity contribution in [1.29, 1.82) is 0 Å². The van der Waals surface area contributed by atoms with Crippen molar-refractivity contribution in [3.63, 3.8) is 0 Å². The molecule has 0 aliphatic rings. The molecule has 1 aromatic rings. The Hall–Kier alpha value is -1.03. The largest absolute Gasteiger partial charge is 0.396 e. The lowest BCUT2D eigenvalue weighted by Crippen LogP contribution is -2.21. The predicted octanol–water partition coefficient (Wildman–Crippen LogP) is 5.60. The van der Waals surface area contributed by atoms with Crippen LogP contribution in [0.2, 0.25) is 0 Å². The third-order valence-corrected chi connectivity index (χ3v) is 5.51. The fourth-order valence-corrected chi connectivity index (χ4v) is 3.31. The Labute approximate surface area is 165 Å². The van der Waals surface area contributed by atoms with E-state index in [2.05, 4.69) is 9.97 Å². The van der Waals surface area contributed by atoms with Crippen molar-refractivity contribution in [1.82, 2.24) is 9.97 Å². The first-order chi connectivity index (χ1) is 12.9. The van der Waals surface area contributed by atoms with Crippen molar-refractivity contribution in [2.45, 2.75) is 69.8 Å². The molecule has 0 aromatic carbocycles. The number of aromatic nitrogens is 2. The summed E-state index contributed by atoms with van der Waals surface area (Å²) in [7, 11) is 0. The molecule has 0 saturated carbocycles. The summed E-state index contributed by atoms with van der Waals surface area (Å²) in [4.78, 5) is 8.54. The van der Waals surface area contributed by atoms with Gasteiger partial charge in [0, 0.05) is 12.8 Å². The molecule has 162 valence electrons. The van der Waals surface area contributed by atoms with Crippen LogP contribution in [0.1, 0.15) is 50.9 Å². The molecule has 1 N–H and O–H groups in total. The van der Waals surface area contributed by atoms with Crippen LogP contribution in [0.4, 0.5) is 26.3 Å². The Balaban J connectivity index is 2.83. The van der Waals surface area contributed by atoms with Gasteiger partial charge in [-0.05, 0) is 44.3 Å². The molecular formula is C18H26F6N2OS. The van der Waals surface area contributed by atoms with E-state index < -0.39 is 24.2 Å². The number of thioether (sulfide) groups is 1. The Bertz CT molecular complexity index is 594. The Morgan fingerprint density at radius 1 is 0.964 bits per heavy atom. The van der Waals surface area contributed by atoms with Crippen LogP contribution in [-0.4, -0.2) is 39.8 Å². The Morgan fingerprint density at radius 2 is 1.54 bits per heavy atom. The number of nitrogens with zero attached hydrogens (tertiary/aromatic N) is 2. The van der Waals surface area contributed by atoms with Crippen LogP contribution in [0.25, 0.3) is 0 Å². The number of alkyl halides is 6. The highest BCUT2D eigenvalue weighted by Crippen LogP contribution is 2.31. The first kappa shape index (κ1) is 25.0. The molecule has 3 nitrogen and oxygen atoms in total. The Kier molecular flexibility index (Phi) is 10.0. The van der Waals surface area contributed by atoms with Gasteiger partial charge in [0.25, 0.3) is 0 Å². The second-order valence-corrected chi connectivity index (χ2v) is 7.94. The van der Waals surface area contributed by atoms with Gasteiger partial charge in [0.2, 0.25) is 0 Å². The minimum absolute atomic E-state index is 0.0392. The molecule has 1 rings (SSSR count). The quantitative estimate of drug-likeness (QED) is 0.281. The van der Waals surface area contributed by atoms with Gasteiger partial charge in [0.05, 0.1) is 23.2 Å². The zero-order valence-electron chi connectivity index (χ0n) is 15.9. The van der Waals surface area contributed by atoms with Gasteiger partial charge in [0.15, 0.2) is 0 Å². The average Bonchev–Trinajstić information content (AvgIpc) is 2.60. The maximum atomic E-state index is 12.7. The van der Waals surface area contributed by atoms with Gasteiger partial charge in [-0.25, -0.2) is 4.98 Å². The normalized spacial score (nSPS) is 14.9. The van der Waals surface area contributed by atoms with Gasteiger partial charge in [-0.1, -0.05) is 13.8 Å². The summed E-state index contributed by atoms with van der Waals surface area (Å²) < 4.78 is 76.1. The molecule has 2 atom stereocenters. The number of hydrogen-bond donors (Lipinski definition) is 1. The highest BCUT2D eigenvalue weighted by atomic mass is 32.2. The molecule has 1 aromatic heterocycles. The zero-order chi connectivity index (χ0) is 21.4. The molecule has 0 aliphatic heterocycles. The van der Waals surface area contributed by atoms with E-state index >= 15 is 0 Å². The average molecular weight is 432 g/mol. The maximum Gasteiger partial charge on any atom is 0.391 e. The molecule has 0 spiro atoms. The fraction of sp³-hybridized carbons (Fsp3) is 0.778. The van der Waals surface area contributed by atoms with Gasteiger partial charge < -0.3 is 5.11 Å². The van der Waals surface area contributed by atoms with Crippen molar-refractivity contribution in [2.75, 3.05) is 12.4 Å². The Morgan fingerprint density at radius 3 is 2.07 bits per heavy atom. The summed E-state index contributed by atoms with van der Waals surface area (Å²) in [6.45, 7) is 2.25. The molecule has 28 heavy (non-hydrogen) atoms. The highest BCUT2D eigenvalue weighted by Gasteiger charge is 2.36. The van der Waals surface area contributed by atoms with Crippen LogP contribution < -0.4 is 0 Å². The lowest BCUT2D eigenvalue weighted by molar-refractivity contribution is -0.171. The molecule has 0 bridgehead atoms. The topological polar surface area (TPSA) is 46.0 Å². The minimum atomic E-state index is -4.28. The molecule has 0 aliphatic carbocycles. The molecule has 0 saturated heterocycles. The number of rotatable bonds is 11. The van der Waals surface area contributed by atoms with Gasteiger partial charge in [0.1, 0.15) is 5.03 Å². The third kappa shape index (κ3) is 8.98. The van der Waals surface area contributed by atoms with E-state index in [1.165, 1.54) is 18.0 Å². The van der Waals surface area contributed by atoms with Crippen LogP contribution in [0.5, 0.6) is 0 Å². The van der Waals surface area contributed by atoms with Crippen molar-refractivity contribution < 1.29 is 31.4 Å². The van der Waals surface area contributed by atoms with Crippen molar-refractivity contribution in [2.24, 2.45) is 11.8 Å². The highest BCUT2D eigenvalue weighted by molar-refractivity contribution is 7.99. The number of hydrogen-bond acceptors (Lipinski definition) is 4. The second kappa shape index (κ2) is 11.2. The number of unbranched alkanes of at least 4 members (excludes halogenated alkanes) is 1. The summed E-state index contributed by atoms with van der Waals surface area (Å²) in [5.41, 5.74) is 0.825. The first-order valence-corrected chi connectivity index (χ1v) is 10.2. The van der Waals surface area contributed by atoms with E-state index in [9.17, 15) is 26.3 Å². The molecule has 10 heteroatoms. The smallest absolute Gasteiger partial charge is 0.391 e. The van der Waals surface area contributed by atoms with E-state index in [4.69, 9.17) is 5.11 Å². The van der Waals surface area contributed by atoms with E-state index in [1.807, 2.05) is 0 Å². The molecule has 0 amide bonds. The number of aliphatic hydroxyl groups is 1. The van der Waals surface area contributed by atoms with E-state index in [1.54, 1.807) is 0 Å². The van der Waals surface area contributed by atoms with Gasteiger partial charge in [-0.2, -0.15) is 26.3 Å². The molecule has 0 radical (unpaired) electrons. The van der Waals surface area contributed by atoms with Crippen molar-refractivity contribution in [3.05, 3.63) is 17.6 Å². The zero-order valence-corrected chi connectivity index (χ0v) is 16.7. The van der Waals surface area contributed by atoms with Gasteiger partial charge in [-0.15, -0.1) is 11.8 Å². The SMILES string of the molecule is CC(CCc1cnc(CCC(C)C(F)(F)F)c(SCCCCO)n1)C(F)(F)F. The number of halogens is 6. The van der Waals surface area contributed by atoms with Crippen LogP contribution in [-0.2, 0) is 12.8 Å². The van der Waals surface area contributed by atoms with Gasteiger partial charge in [-0.3, -0.25) is 4.98 Å². The van der Waals surface area contributed by atoms with Crippen molar-refractivity contribution >= 4 is 11.8 Å². The summed E-state index contributed by atoms with van der Waals surface area (Å²) in [5, 5.41) is 9.30. The van der Waals surface area contributed by atoms with Crippen LogP contribution in [0, 0.1) is 11.8 Å². The van der Waals surface area contributed by atoms with E-state index in [-0.39, 0.29) is 32.3 Å². The molecule has 0 fully saturated rings. The molecule has 2 unspecified atom stereocenters. The van der Waals surface area contributed by atoms with E-state index in [0.29, 0.717) is 35.0 Å². The van der Waals surface area contributed by atoms with Crippen LogP contribution in [0.15, 0.2) is 11.2 Å². The second-order valence-electron chi connectivity index (χ2n) is 6.86. The summed E-state index contributed by atoms with van der Waals surface area (Å²) in [5.74, 6) is -2.35. The fourth-order valence-electron chi connectivity index (χ4n) is 2.27. The monoisotopic (exact) mass is 432 g/mol. The summed E-state index contributed by atoms with van der Waals surface area (Å²) in [6.07, 6.45) is -6.00.